The lowest BCUT2D eigenvalue weighted by atomic mass is 10.1. The van der Waals surface area contributed by atoms with Crippen molar-refractivity contribution in [1.29, 1.82) is 0 Å². The lowest BCUT2D eigenvalue weighted by molar-refractivity contribution is 0.0691. The zero-order chi connectivity index (χ0) is 15.6. The molecule has 0 amide bonds. The Morgan fingerprint density at radius 3 is 2.71 bits per heavy atom. The van der Waals surface area contributed by atoms with Gasteiger partial charge in [0.2, 0.25) is 0 Å². The minimum atomic E-state index is -1.16. The second-order valence-electron chi connectivity index (χ2n) is 4.41. The predicted molar refractivity (Wildman–Crippen MR) is 76.5 cm³/mol. The third kappa shape index (κ3) is 3.39. The van der Waals surface area contributed by atoms with Crippen LogP contribution in [0.15, 0.2) is 34.8 Å². The van der Waals surface area contributed by atoms with Gasteiger partial charge in [-0.05, 0) is 30.7 Å². The van der Waals surface area contributed by atoms with E-state index in [-0.39, 0.29) is 23.5 Å². The summed E-state index contributed by atoms with van der Waals surface area (Å²) in [5.41, 5.74) is 0.561. The van der Waals surface area contributed by atoms with E-state index in [0.29, 0.717) is 10.0 Å². The molecule has 3 nitrogen and oxygen atoms in total. The maximum Gasteiger partial charge on any atom is 0.339 e. The highest BCUT2D eigenvalue weighted by molar-refractivity contribution is 9.10. The first-order valence-electron chi connectivity index (χ1n) is 5.99. The molecule has 0 heterocycles. The van der Waals surface area contributed by atoms with Gasteiger partial charge in [-0.15, -0.1) is 0 Å². The van der Waals surface area contributed by atoms with E-state index >= 15 is 0 Å². The van der Waals surface area contributed by atoms with Crippen LogP contribution in [0.4, 0.5) is 8.78 Å². The van der Waals surface area contributed by atoms with E-state index in [0.717, 1.165) is 6.07 Å². The van der Waals surface area contributed by atoms with Gasteiger partial charge in [0.15, 0.2) is 11.6 Å². The van der Waals surface area contributed by atoms with E-state index in [4.69, 9.17) is 4.74 Å². The van der Waals surface area contributed by atoms with Crippen LogP contribution in [0.1, 0.15) is 21.5 Å². The van der Waals surface area contributed by atoms with Crippen LogP contribution >= 0.6 is 15.9 Å². The van der Waals surface area contributed by atoms with Crippen LogP contribution in [0.2, 0.25) is 0 Å². The van der Waals surface area contributed by atoms with Gasteiger partial charge >= 0.3 is 5.97 Å². The van der Waals surface area contributed by atoms with Gasteiger partial charge in [0.25, 0.3) is 0 Å². The quantitative estimate of drug-likeness (QED) is 0.887. The van der Waals surface area contributed by atoms with Crippen molar-refractivity contribution in [3.63, 3.8) is 0 Å². The normalized spacial score (nSPS) is 10.5. The number of carboxylic acids is 1. The van der Waals surface area contributed by atoms with E-state index < -0.39 is 17.6 Å². The number of benzene rings is 2. The number of carbonyl (C=O) groups is 1. The monoisotopic (exact) mass is 356 g/mol. The molecule has 0 aromatic heterocycles. The number of hydrogen-bond acceptors (Lipinski definition) is 2. The first-order valence-corrected chi connectivity index (χ1v) is 6.78. The number of rotatable bonds is 4. The maximum absolute atomic E-state index is 13.5. The number of ether oxygens (including phenoxy) is 1. The van der Waals surface area contributed by atoms with Crippen LogP contribution in [0.3, 0.4) is 0 Å². The fourth-order valence-corrected chi connectivity index (χ4v) is 2.46. The lowest BCUT2D eigenvalue weighted by Gasteiger charge is -2.13. The van der Waals surface area contributed by atoms with E-state index in [1.807, 2.05) is 0 Å². The molecular formula is C15H11BrF2O3. The van der Waals surface area contributed by atoms with Crippen molar-refractivity contribution in [2.45, 2.75) is 13.5 Å². The average Bonchev–Trinajstić information content (AvgIpc) is 2.41. The van der Waals surface area contributed by atoms with Gasteiger partial charge in [0.05, 0.1) is 0 Å². The number of aryl methyl sites for hydroxylation is 1. The molecule has 0 aliphatic carbocycles. The lowest BCUT2D eigenvalue weighted by Crippen LogP contribution is -2.07. The van der Waals surface area contributed by atoms with E-state index in [2.05, 4.69) is 15.9 Å². The van der Waals surface area contributed by atoms with Crippen molar-refractivity contribution in [1.82, 2.24) is 0 Å². The van der Waals surface area contributed by atoms with Crippen LogP contribution in [-0.4, -0.2) is 11.1 Å². The molecule has 21 heavy (non-hydrogen) atoms. The fraction of sp³-hybridized carbons (Fsp3) is 0.133. The molecule has 0 aliphatic heterocycles. The summed E-state index contributed by atoms with van der Waals surface area (Å²) in [6.07, 6.45) is 0. The summed E-state index contributed by atoms with van der Waals surface area (Å²) < 4.78 is 32.7. The molecule has 0 atom stereocenters. The summed E-state index contributed by atoms with van der Waals surface area (Å²) in [5.74, 6) is -2.99. The Kier molecular flexibility index (Phi) is 4.57. The van der Waals surface area contributed by atoms with Gasteiger partial charge in [-0.25, -0.2) is 13.6 Å². The highest BCUT2D eigenvalue weighted by Gasteiger charge is 2.16. The second-order valence-corrected chi connectivity index (χ2v) is 5.32. The van der Waals surface area contributed by atoms with Crippen LogP contribution in [0.25, 0.3) is 0 Å². The molecule has 110 valence electrons. The third-order valence-corrected chi connectivity index (χ3v) is 3.33. The molecule has 2 aromatic carbocycles. The van der Waals surface area contributed by atoms with Gasteiger partial charge in [-0.2, -0.15) is 0 Å². The average molecular weight is 357 g/mol. The van der Waals surface area contributed by atoms with Crippen molar-refractivity contribution in [2.75, 3.05) is 0 Å². The predicted octanol–water partition coefficient (Wildman–Crippen LogP) is 4.31. The van der Waals surface area contributed by atoms with Gasteiger partial charge in [-0.1, -0.05) is 28.1 Å². The summed E-state index contributed by atoms with van der Waals surface area (Å²) in [7, 11) is 0. The van der Waals surface area contributed by atoms with Crippen molar-refractivity contribution < 1.29 is 23.4 Å². The maximum atomic E-state index is 13.5. The highest BCUT2D eigenvalue weighted by Crippen LogP contribution is 2.29. The van der Waals surface area contributed by atoms with E-state index in [9.17, 15) is 18.7 Å². The molecule has 1 N–H and O–H groups in total. The van der Waals surface area contributed by atoms with E-state index in [1.54, 1.807) is 13.0 Å². The highest BCUT2D eigenvalue weighted by atomic mass is 79.9. The van der Waals surface area contributed by atoms with Crippen LogP contribution in [0, 0.1) is 18.6 Å². The number of carboxylic acid groups (broad SMARTS) is 1. The van der Waals surface area contributed by atoms with Crippen molar-refractivity contribution in [3.05, 3.63) is 63.1 Å². The summed E-state index contributed by atoms with van der Waals surface area (Å²) >= 11 is 3.20. The Morgan fingerprint density at radius 1 is 1.33 bits per heavy atom. The third-order valence-electron chi connectivity index (χ3n) is 2.87. The van der Waals surface area contributed by atoms with Crippen LogP contribution in [-0.2, 0) is 6.61 Å². The largest absolute Gasteiger partial charge is 0.488 e. The molecule has 0 unspecified atom stereocenters. The first kappa shape index (κ1) is 15.4. The summed E-state index contributed by atoms with van der Waals surface area (Å²) in [6.45, 7) is 1.42. The summed E-state index contributed by atoms with van der Waals surface area (Å²) in [6, 6.07) is 6.83. The summed E-state index contributed by atoms with van der Waals surface area (Å²) in [4.78, 5) is 11.2. The zero-order valence-electron chi connectivity index (χ0n) is 11.0. The minimum absolute atomic E-state index is 0.0219. The Labute approximate surface area is 128 Å². The number of halogens is 3. The zero-order valence-corrected chi connectivity index (χ0v) is 12.6. The molecule has 0 radical (unpaired) electrons. The number of hydrogen-bond donors (Lipinski definition) is 1. The number of aromatic carboxylic acids is 1. The first-order chi connectivity index (χ1) is 9.90. The molecule has 0 saturated carbocycles. The van der Waals surface area contributed by atoms with Crippen LogP contribution < -0.4 is 4.74 Å². The molecule has 6 heteroatoms. The topological polar surface area (TPSA) is 46.5 Å². The molecular weight excluding hydrogens is 346 g/mol. The molecule has 0 bridgehead atoms. The second kappa shape index (κ2) is 6.22. The van der Waals surface area contributed by atoms with Crippen LogP contribution in [0.5, 0.6) is 5.75 Å². The van der Waals surface area contributed by atoms with Gasteiger partial charge < -0.3 is 9.84 Å². The van der Waals surface area contributed by atoms with Gasteiger partial charge in [0.1, 0.15) is 17.9 Å². The Hall–Kier alpha value is -1.95. The van der Waals surface area contributed by atoms with Crippen molar-refractivity contribution in [3.8, 4) is 5.75 Å². The molecule has 0 saturated heterocycles. The van der Waals surface area contributed by atoms with Gasteiger partial charge in [-0.3, -0.25) is 0 Å². The molecule has 0 fully saturated rings. The van der Waals surface area contributed by atoms with Crippen molar-refractivity contribution >= 4 is 21.9 Å². The SMILES string of the molecule is Cc1cc(Br)cc(C(=O)O)c1OCc1cccc(F)c1F. The van der Waals surface area contributed by atoms with Crippen molar-refractivity contribution in [2.24, 2.45) is 0 Å². The standard InChI is InChI=1S/C15H11BrF2O3/c1-8-5-10(16)6-11(15(19)20)14(8)21-7-9-3-2-4-12(17)13(9)18/h2-6H,7H2,1H3,(H,19,20). The van der Waals surface area contributed by atoms with Gasteiger partial charge in [0, 0.05) is 10.0 Å². The Balaban J connectivity index is 2.32. The minimum Gasteiger partial charge on any atom is -0.488 e. The molecule has 0 aliphatic rings. The Bertz CT molecular complexity index is 702. The smallest absolute Gasteiger partial charge is 0.339 e. The molecule has 2 aromatic rings. The summed E-state index contributed by atoms with van der Waals surface area (Å²) in [5, 5.41) is 9.18. The van der Waals surface area contributed by atoms with E-state index in [1.165, 1.54) is 18.2 Å². The Morgan fingerprint density at radius 2 is 2.05 bits per heavy atom. The molecule has 0 spiro atoms. The fourth-order valence-electron chi connectivity index (χ4n) is 1.89. The molecule has 2 rings (SSSR count).